The molecule has 2 rings (SSSR count). The van der Waals surface area contributed by atoms with E-state index in [2.05, 4.69) is 0 Å². The SMILES string of the molecule is NCCc1ccc(C2CC2)cc1F. The molecule has 1 aliphatic carbocycles. The van der Waals surface area contributed by atoms with E-state index in [1.54, 1.807) is 6.07 Å². The monoisotopic (exact) mass is 179 g/mol. The van der Waals surface area contributed by atoms with E-state index in [1.807, 2.05) is 12.1 Å². The third-order valence-electron chi connectivity index (χ3n) is 2.54. The van der Waals surface area contributed by atoms with Gasteiger partial charge in [-0.2, -0.15) is 0 Å². The van der Waals surface area contributed by atoms with Crippen LogP contribution in [0.4, 0.5) is 4.39 Å². The predicted molar refractivity (Wildman–Crippen MR) is 51.1 cm³/mol. The Bertz CT molecular complexity index is 305. The van der Waals surface area contributed by atoms with Gasteiger partial charge in [0.15, 0.2) is 0 Å². The number of halogens is 1. The van der Waals surface area contributed by atoms with Crippen molar-refractivity contribution in [2.24, 2.45) is 5.73 Å². The first kappa shape index (κ1) is 8.70. The first-order valence-electron chi connectivity index (χ1n) is 4.79. The fourth-order valence-corrected chi connectivity index (χ4v) is 1.59. The first-order chi connectivity index (χ1) is 6.31. The zero-order chi connectivity index (χ0) is 9.26. The van der Waals surface area contributed by atoms with Crippen molar-refractivity contribution in [2.45, 2.75) is 25.2 Å². The van der Waals surface area contributed by atoms with Crippen LogP contribution in [0.25, 0.3) is 0 Å². The number of benzene rings is 1. The summed E-state index contributed by atoms with van der Waals surface area (Å²) in [6.45, 7) is 0.514. The molecule has 0 heterocycles. The summed E-state index contributed by atoms with van der Waals surface area (Å²) < 4.78 is 13.4. The summed E-state index contributed by atoms with van der Waals surface area (Å²) >= 11 is 0. The zero-order valence-electron chi connectivity index (χ0n) is 7.59. The zero-order valence-corrected chi connectivity index (χ0v) is 7.59. The maximum atomic E-state index is 13.4. The Kier molecular flexibility index (Phi) is 2.32. The molecule has 1 saturated carbocycles. The molecule has 0 saturated heterocycles. The minimum absolute atomic E-state index is 0.0881. The van der Waals surface area contributed by atoms with Crippen molar-refractivity contribution in [3.05, 3.63) is 35.1 Å². The van der Waals surface area contributed by atoms with E-state index in [0.717, 1.165) is 11.1 Å². The van der Waals surface area contributed by atoms with E-state index < -0.39 is 0 Å². The Morgan fingerprint density at radius 3 is 2.69 bits per heavy atom. The average Bonchev–Trinajstić information content (AvgIpc) is 2.91. The third kappa shape index (κ3) is 1.89. The largest absolute Gasteiger partial charge is 0.330 e. The molecule has 2 N–H and O–H groups in total. The van der Waals surface area contributed by atoms with Gasteiger partial charge in [-0.1, -0.05) is 12.1 Å². The highest BCUT2D eigenvalue weighted by Crippen LogP contribution is 2.40. The molecule has 1 aromatic carbocycles. The molecule has 0 spiro atoms. The lowest BCUT2D eigenvalue weighted by atomic mass is 10.1. The van der Waals surface area contributed by atoms with Crippen molar-refractivity contribution >= 4 is 0 Å². The van der Waals surface area contributed by atoms with Crippen molar-refractivity contribution in [2.75, 3.05) is 6.54 Å². The van der Waals surface area contributed by atoms with Gasteiger partial charge in [0.2, 0.25) is 0 Å². The minimum atomic E-state index is -0.0881. The van der Waals surface area contributed by atoms with Gasteiger partial charge in [0.1, 0.15) is 5.82 Å². The van der Waals surface area contributed by atoms with Crippen LogP contribution in [0.15, 0.2) is 18.2 Å². The highest BCUT2D eigenvalue weighted by Gasteiger charge is 2.23. The molecule has 1 fully saturated rings. The standard InChI is InChI=1S/C11H14FN/c12-11-7-10(8-1-2-8)4-3-9(11)5-6-13/h3-4,7-8H,1-2,5-6,13H2. The molecule has 13 heavy (non-hydrogen) atoms. The van der Waals surface area contributed by atoms with E-state index in [1.165, 1.54) is 12.8 Å². The summed E-state index contributed by atoms with van der Waals surface area (Å²) in [7, 11) is 0. The number of hydrogen-bond acceptors (Lipinski definition) is 1. The average molecular weight is 179 g/mol. The quantitative estimate of drug-likeness (QED) is 0.756. The van der Waals surface area contributed by atoms with Gasteiger partial charge in [0, 0.05) is 0 Å². The normalized spacial score (nSPS) is 16.2. The van der Waals surface area contributed by atoms with Crippen molar-refractivity contribution in [1.82, 2.24) is 0 Å². The van der Waals surface area contributed by atoms with Crippen LogP contribution in [-0.2, 0) is 6.42 Å². The molecule has 1 aromatic rings. The first-order valence-corrected chi connectivity index (χ1v) is 4.79. The van der Waals surface area contributed by atoms with Crippen LogP contribution in [0.2, 0.25) is 0 Å². The van der Waals surface area contributed by atoms with Gasteiger partial charge in [-0.3, -0.25) is 0 Å². The summed E-state index contributed by atoms with van der Waals surface area (Å²) in [5.74, 6) is 0.538. The summed E-state index contributed by atoms with van der Waals surface area (Å²) in [5, 5.41) is 0. The van der Waals surface area contributed by atoms with Crippen molar-refractivity contribution in [1.29, 1.82) is 0 Å². The Morgan fingerprint density at radius 2 is 2.15 bits per heavy atom. The summed E-state index contributed by atoms with van der Waals surface area (Å²) in [4.78, 5) is 0. The highest BCUT2D eigenvalue weighted by atomic mass is 19.1. The molecule has 1 aliphatic rings. The van der Waals surface area contributed by atoms with E-state index >= 15 is 0 Å². The van der Waals surface area contributed by atoms with Crippen molar-refractivity contribution < 1.29 is 4.39 Å². The van der Waals surface area contributed by atoms with Crippen LogP contribution in [0, 0.1) is 5.82 Å². The van der Waals surface area contributed by atoms with Gasteiger partial charge in [0.25, 0.3) is 0 Å². The number of nitrogens with two attached hydrogens (primary N) is 1. The van der Waals surface area contributed by atoms with E-state index in [4.69, 9.17) is 5.73 Å². The van der Waals surface area contributed by atoms with Crippen LogP contribution in [0.3, 0.4) is 0 Å². The Balaban J connectivity index is 2.21. The molecule has 0 atom stereocenters. The van der Waals surface area contributed by atoms with E-state index in [0.29, 0.717) is 18.9 Å². The van der Waals surface area contributed by atoms with Gasteiger partial charge < -0.3 is 5.73 Å². The maximum absolute atomic E-state index is 13.4. The Labute approximate surface area is 77.8 Å². The van der Waals surface area contributed by atoms with Crippen LogP contribution in [0.1, 0.15) is 29.9 Å². The second kappa shape index (κ2) is 3.46. The molecule has 0 aromatic heterocycles. The van der Waals surface area contributed by atoms with E-state index in [-0.39, 0.29) is 5.82 Å². The number of rotatable bonds is 3. The lowest BCUT2D eigenvalue weighted by Crippen LogP contribution is -2.04. The maximum Gasteiger partial charge on any atom is 0.126 e. The third-order valence-corrected chi connectivity index (χ3v) is 2.54. The van der Waals surface area contributed by atoms with Crippen molar-refractivity contribution in [3.63, 3.8) is 0 Å². The molecule has 0 unspecified atom stereocenters. The topological polar surface area (TPSA) is 26.0 Å². The van der Waals surface area contributed by atoms with Gasteiger partial charge >= 0.3 is 0 Å². The van der Waals surface area contributed by atoms with Gasteiger partial charge in [0.05, 0.1) is 0 Å². The Morgan fingerprint density at radius 1 is 1.38 bits per heavy atom. The molecule has 1 nitrogen and oxygen atoms in total. The molecule has 2 heteroatoms. The van der Waals surface area contributed by atoms with Crippen molar-refractivity contribution in [3.8, 4) is 0 Å². The molecule has 0 radical (unpaired) electrons. The molecule has 0 aliphatic heterocycles. The molecular weight excluding hydrogens is 165 g/mol. The summed E-state index contributed by atoms with van der Waals surface area (Å²) in [5.41, 5.74) is 7.27. The summed E-state index contributed by atoms with van der Waals surface area (Å²) in [6.07, 6.45) is 3.07. The van der Waals surface area contributed by atoms with Gasteiger partial charge in [-0.05, 0) is 48.9 Å². The second-order valence-corrected chi connectivity index (χ2v) is 3.66. The fourth-order valence-electron chi connectivity index (χ4n) is 1.59. The number of hydrogen-bond donors (Lipinski definition) is 1. The summed E-state index contributed by atoms with van der Waals surface area (Å²) in [6, 6.07) is 5.57. The predicted octanol–water partition coefficient (Wildman–Crippen LogP) is 2.20. The lowest BCUT2D eigenvalue weighted by Gasteiger charge is -2.03. The second-order valence-electron chi connectivity index (χ2n) is 3.66. The lowest BCUT2D eigenvalue weighted by molar-refractivity contribution is 0.607. The van der Waals surface area contributed by atoms with Crippen LogP contribution < -0.4 is 5.73 Å². The van der Waals surface area contributed by atoms with Crippen LogP contribution in [0.5, 0.6) is 0 Å². The molecule has 0 amide bonds. The smallest absolute Gasteiger partial charge is 0.126 e. The van der Waals surface area contributed by atoms with Crippen LogP contribution >= 0.6 is 0 Å². The minimum Gasteiger partial charge on any atom is -0.330 e. The Hall–Kier alpha value is -0.890. The molecule has 70 valence electrons. The van der Waals surface area contributed by atoms with Gasteiger partial charge in [-0.25, -0.2) is 4.39 Å². The van der Waals surface area contributed by atoms with Gasteiger partial charge in [-0.15, -0.1) is 0 Å². The van der Waals surface area contributed by atoms with E-state index in [9.17, 15) is 4.39 Å². The van der Waals surface area contributed by atoms with Crippen LogP contribution in [-0.4, -0.2) is 6.54 Å². The highest BCUT2D eigenvalue weighted by molar-refractivity contribution is 5.29. The fraction of sp³-hybridized carbons (Fsp3) is 0.455. The molecule has 0 bridgehead atoms. The molecular formula is C11H14FN.